The van der Waals surface area contributed by atoms with Gasteiger partial charge in [0, 0.05) is 25.0 Å². The Bertz CT molecular complexity index is 529. The fourth-order valence-corrected chi connectivity index (χ4v) is 2.74. The summed E-state index contributed by atoms with van der Waals surface area (Å²) in [5.74, 6) is 0.580. The minimum absolute atomic E-state index is 0.235. The van der Waals surface area contributed by atoms with Gasteiger partial charge in [0.05, 0.1) is 6.54 Å². The Balaban J connectivity index is 1.90. The highest BCUT2D eigenvalue weighted by atomic mass is 15.3. The number of aromatic nitrogens is 2. The highest BCUT2D eigenvalue weighted by Gasteiger charge is 2.22. The van der Waals surface area contributed by atoms with Crippen molar-refractivity contribution in [3.63, 3.8) is 0 Å². The van der Waals surface area contributed by atoms with Crippen LogP contribution in [-0.4, -0.2) is 22.4 Å². The van der Waals surface area contributed by atoms with Crippen molar-refractivity contribution in [2.24, 2.45) is 11.3 Å². The van der Waals surface area contributed by atoms with Gasteiger partial charge in [0.2, 0.25) is 0 Å². The minimum Gasteiger partial charge on any atom is -0.311 e. The molecule has 1 heterocycles. The van der Waals surface area contributed by atoms with Crippen molar-refractivity contribution in [3.05, 3.63) is 54.4 Å². The number of hydrogen-bond donors (Lipinski definition) is 1. The van der Waals surface area contributed by atoms with Crippen molar-refractivity contribution in [2.75, 3.05) is 6.54 Å². The smallest absolute Gasteiger partial charge is 0.0565 e. The van der Waals surface area contributed by atoms with Gasteiger partial charge < -0.3 is 5.32 Å². The maximum atomic E-state index is 4.33. The Morgan fingerprint density at radius 2 is 1.86 bits per heavy atom. The largest absolute Gasteiger partial charge is 0.311 e. The number of hydrogen-bond acceptors (Lipinski definition) is 2. The van der Waals surface area contributed by atoms with E-state index in [1.165, 1.54) is 5.56 Å². The molecule has 3 nitrogen and oxygen atoms in total. The number of nitrogens with zero attached hydrogens (tertiary/aromatic N) is 2. The molecule has 1 aromatic carbocycles. The number of rotatable bonds is 8. The van der Waals surface area contributed by atoms with E-state index in [1.54, 1.807) is 0 Å². The van der Waals surface area contributed by atoms with Crippen molar-refractivity contribution in [1.82, 2.24) is 15.1 Å². The first-order valence-electron chi connectivity index (χ1n) is 8.21. The SMILES string of the molecule is CC(C)[C@@H](Cn1cccn1)NCC(C)(C)Cc1ccccc1. The minimum atomic E-state index is 0.235. The lowest BCUT2D eigenvalue weighted by molar-refractivity contribution is 0.270. The van der Waals surface area contributed by atoms with Gasteiger partial charge in [0.1, 0.15) is 0 Å². The molecular formula is C19H29N3. The van der Waals surface area contributed by atoms with Crippen molar-refractivity contribution >= 4 is 0 Å². The molecule has 120 valence electrons. The predicted molar refractivity (Wildman–Crippen MR) is 92.8 cm³/mol. The van der Waals surface area contributed by atoms with Gasteiger partial charge in [-0.3, -0.25) is 4.68 Å². The highest BCUT2D eigenvalue weighted by molar-refractivity contribution is 5.16. The molecule has 0 aliphatic rings. The number of nitrogens with one attached hydrogen (secondary N) is 1. The summed E-state index contributed by atoms with van der Waals surface area (Å²) >= 11 is 0. The second-order valence-electron chi connectivity index (χ2n) is 7.29. The molecule has 2 aromatic rings. The molecule has 0 saturated carbocycles. The average molecular weight is 299 g/mol. The maximum absolute atomic E-state index is 4.33. The van der Waals surface area contributed by atoms with E-state index in [0.29, 0.717) is 12.0 Å². The second-order valence-corrected chi connectivity index (χ2v) is 7.29. The van der Waals surface area contributed by atoms with E-state index in [9.17, 15) is 0 Å². The van der Waals surface area contributed by atoms with Crippen LogP contribution in [-0.2, 0) is 13.0 Å². The Kier molecular flexibility index (Phi) is 5.78. The zero-order valence-electron chi connectivity index (χ0n) is 14.3. The molecule has 0 unspecified atom stereocenters. The van der Waals surface area contributed by atoms with Crippen LogP contribution >= 0.6 is 0 Å². The predicted octanol–water partition coefficient (Wildman–Crippen LogP) is 3.77. The zero-order valence-corrected chi connectivity index (χ0v) is 14.3. The van der Waals surface area contributed by atoms with Crippen molar-refractivity contribution in [2.45, 2.75) is 46.7 Å². The lowest BCUT2D eigenvalue weighted by atomic mass is 9.85. The van der Waals surface area contributed by atoms with E-state index in [4.69, 9.17) is 0 Å². The molecule has 0 fully saturated rings. The van der Waals surface area contributed by atoms with E-state index in [0.717, 1.165) is 19.5 Å². The summed E-state index contributed by atoms with van der Waals surface area (Å²) in [4.78, 5) is 0. The third-order valence-corrected chi connectivity index (χ3v) is 4.12. The summed E-state index contributed by atoms with van der Waals surface area (Å²) in [6, 6.07) is 13.2. The van der Waals surface area contributed by atoms with Crippen molar-refractivity contribution < 1.29 is 0 Å². The summed E-state index contributed by atoms with van der Waals surface area (Å²) in [7, 11) is 0. The molecule has 2 rings (SSSR count). The van der Waals surface area contributed by atoms with Crippen LogP contribution in [0.15, 0.2) is 48.8 Å². The fourth-order valence-electron chi connectivity index (χ4n) is 2.74. The van der Waals surface area contributed by atoms with Gasteiger partial charge in [-0.15, -0.1) is 0 Å². The summed E-state index contributed by atoms with van der Waals surface area (Å²) in [6.07, 6.45) is 4.97. The molecule has 1 atom stereocenters. The zero-order chi connectivity index (χ0) is 16.0. The van der Waals surface area contributed by atoms with E-state index in [2.05, 4.69) is 68.4 Å². The molecule has 3 heteroatoms. The van der Waals surface area contributed by atoms with E-state index in [-0.39, 0.29) is 5.41 Å². The molecular weight excluding hydrogens is 270 g/mol. The van der Waals surface area contributed by atoms with Gasteiger partial charge >= 0.3 is 0 Å². The lowest BCUT2D eigenvalue weighted by Gasteiger charge is -2.30. The topological polar surface area (TPSA) is 29.9 Å². The highest BCUT2D eigenvalue weighted by Crippen LogP contribution is 2.21. The van der Waals surface area contributed by atoms with Gasteiger partial charge in [-0.05, 0) is 29.4 Å². The molecule has 0 amide bonds. The number of benzene rings is 1. The molecule has 0 aliphatic carbocycles. The van der Waals surface area contributed by atoms with E-state index in [1.807, 2.05) is 23.1 Å². The van der Waals surface area contributed by atoms with E-state index >= 15 is 0 Å². The van der Waals surface area contributed by atoms with Crippen LogP contribution in [0.5, 0.6) is 0 Å². The quantitative estimate of drug-likeness (QED) is 0.804. The molecule has 0 saturated heterocycles. The van der Waals surface area contributed by atoms with Crippen LogP contribution in [0.3, 0.4) is 0 Å². The third kappa shape index (κ3) is 5.30. The fraction of sp³-hybridized carbons (Fsp3) is 0.526. The van der Waals surface area contributed by atoms with Crippen molar-refractivity contribution in [1.29, 1.82) is 0 Å². The molecule has 22 heavy (non-hydrogen) atoms. The maximum Gasteiger partial charge on any atom is 0.0565 e. The summed E-state index contributed by atoms with van der Waals surface area (Å²) in [5, 5.41) is 8.08. The first-order valence-corrected chi connectivity index (χ1v) is 8.21. The van der Waals surface area contributed by atoms with Crippen LogP contribution < -0.4 is 5.32 Å². The van der Waals surface area contributed by atoms with Gasteiger partial charge in [0.15, 0.2) is 0 Å². The molecule has 0 aliphatic heterocycles. The summed E-state index contributed by atoms with van der Waals surface area (Å²) in [5.41, 5.74) is 1.64. The van der Waals surface area contributed by atoms with E-state index < -0.39 is 0 Å². The Hall–Kier alpha value is -1.61. The molecule has 1 aromatic heterocycles. The Labute approximate surface area is 134 Å². The molecule has 0 spiro atoms. The molecule has 0 bridgehead atoms. The van der Waals surface area contributed by atoms with Crippen LogP contribution in [0.2, 0.25) is 0 Å². The third-order valence-electron chi connectivity index (χ3n) is 4.12. The molecule has 0 radical (unpaired) electrons. The molecule has 1 N–H and O–H groups in total. The van der Waals surface area contributed by atoms with Crippen molar-refractivity contribution in [3.8, 4) is 0 Å². The summed E-state index contributed by atoms with van der Waals surface area (Å²) < 4.78 is 2.02. The van der Waals surface area contributed by atoms with Crippen LogP contribution in [0.4, 0.5) is 0 Å². The van der Waals surface area contributed by atoms with Crippen LogP contribution in [0.25, 0.3) is 0 Å². The summed E-state index contributed by atoms with van der Waals surface area (Å²) in [6.45, 7) is 11.1. The van der Waals surface area contributed by atoms with Crippen LogP contribution in [0, 0.1) is 11.3 Å². The lowest BCUT2D eigenvalue weighted by Crippen LogP contribution is -2.43. The van der Waals surface area contributed by atoms with Gasteiger partial charge in [-0.25, -0.2) is 0 Å². The van der Waals surface area contributed by atoms with Gasteiger partial charge in [0.25, 0.3) is 0 Å². The Morgan fingerprint density at radius 1 is 1.14 bits per heavy atom. The first-order chi connectivity index (χ1) is 10.5. The second kappa shape index (κ2) is 7.59. The standard InChI is InChI=1S/C19H29N3/c1-16(2)18(14-22-12-8-11-21-22)20-15-19(3,4)13-17-9-6-5-7-10-17/h5-12,16,18,20H,13-15H2,1-4H3/t18-/m1/s1. The average Bonchev–Trinajstić information content (AvgIpc) is 2.96. The van der Waals surface area contributed by atoms with Gasteiger partial charge in [-0.1, -0.05) is 58.0 Å². The van der Waals surface area contributed by atoms with Crippen LogP contribution in [0.1, 0.15) is 33.3 Å². The monoisotopic (exact) mass is 299 g/mol. The van der Waals surface area contributed by atoms with Gasteiger partial charge in [-0.2, -0.15) is 5.10 Å². The first kappa shape index (κ1) is 16.8. The Morgan fingerprint density at radius 3 is 2.45 bits per heavy atom. The normalized spacial score (nSPS) is 13.5.